The van der Waals surface area contributed by atoms with Gasteiger partial charge in [0.25, 0.3) is 0 Å². The number of aryl methyl sites for hydroxylation is 1. The van der Waals surface area contributed by atoms with Crippen molar-refractivity contribution in [3.8, 4) is 11.4 Å². The van der Waals surface area contributed by atoms with Gasteiger partial charge in [-0.3, -0.25) is 0 Å². The number of hydrogen-bond donors (Lipinski definition) is 1. The van der Waals surface area contributed by atoms with Crippen molar-refractivity contribution in [1.82, 2.24) is 19.9 Å². The predicted octanol–water partition coefficient (Wildman–Crippen LogP) is 2.72. The van der Waals surface area contributed by atoms with E-state index in [1.54, 1.807) is 12.3 Å². The van der Waals surface area contributed by atoms with Crippen LogP contribution in [0.15, 0.2) is 30.7 Å². The summed E-state index contributed by atoms with van der Waals surface area (Å²) in [4.78, 5) is 15.8. The summed E-state index contributed by atoms with van der Waals surface area (Å²) in [6.45, 7) is 2.02. The Kier molecular flexibility index (Phi) is 2.51. The van der Waals surface area contributed by atoms with Gasteiger partial charge in [-0.1, -0.05) is 6.92 Å². The smallest absolute Gasteiger partial charge is 0.141 e. The molecule has 0 aliphatic heterocycles. The standard InChI is InChI=1S/C13H11FN4/c1-2-10-9(6-15-7-16-10)13-17-11-4-3-8(14)5-12(11)18-13/h3-7H,2H2,1H3,(H,17,18). The summed E-state index contributed by atoms with van der Waals surface area (Å²) in [5.74, 6) is 0.394. The molecule has 3 aromatic rings. The third-order valence-corrected chi connectivity index (χ3v) is 2.83. The molecule has 0 unspecified atom stereocenters. The van der Waals surface area contributed by atoms with Crippen molar-refractivity contribution in [3.63, 3.8) is 0 Å². The molecule has 2 aromatic heterocycles. The highest BCUT2D eigenvalue weighted by Gasteiger charge is 2.10. The van der Waals surface area contributed by atoms with Gasteiger partial charge in [0.15, 0.2) is 0 Å². The molecule has 0 saturated heterocycles. The second-order valence-electron chi connectivity index (χ2n) is 3.98. The summed E-state index contributed by atoms with van der Waals surface area (Å²) < 4.78 is 13.1. The van der Waals surface area contributed by atoms with Crippen LogP contribution in [0.25, 0.3) is 22.4 Å². The summed E-state index contributed by atoms with van der Waals surface area (Å²) in [5.41, 5.74) is 3.19. The van der Waals surface area contributed by atoms with Crippen LogP contribution in [-0.4, -0.2) is 19.9 Å². The highest BCUT2D eigenvalue weighted by molar-refractivity contribution is 5.79. The normalized spacial score (nSPS) is 11.0. The number of nitrogens with one attached hydrogen (secondary N) is 1. The summed E-state index contributed by atoms with van der Waals surface area (Å²) in [7, 11) is 0. The zero-order chi connectivity index (χ0) is 12.5. The van der Waals surface area contributed by atoms with Gasteiger partial charge in [-0.05, 0) is 24.6 Å². The highest BCUT2D eigenvalue weighted by Crippen LogP contribution is 2.22. The fourth-order valence-electron chi connectivity index (χ4n) is 1.94. The van der Waals surface area contributed by atoms with E-state index in [2.05, 4.69) is 19.9 Å². The molecule has 2 heterocycles. The van der Waals surface area contributed by atoms with Crippen molar-refractivity contribution < 1.29 is 4.39 Å². The van der Waals surface area contributed by atoms with Crippen LogP contribution in [0.5, 0.6) is 0 Å². The Bertz CT molecular complexity index is 705. The topological polar surface area (TPSA) is 54.5 Å². The molecular weight excluding hydrogens is 231 g/mol. The minimum absolute atomic E-state index is 0.280. The maximum Gasteiger partial charge on any atom is 0.141 e. The second kappa shape index (κ2) is 4.18. The molecule has 0 saturated carbocycles. The average molecular weight is 242 g/mol. The third kappa shape index (κ3) is 1.73. The molecule has 4 nitrogen and oxygen atoms in total. The van der Waals surface area contributed by atoms with Crippen LogP contribution in [0, 0.1) is 5.82 Å². The lowest BCUT2D eigenvalue weighted by Crippen LogP contribution is -1.94. The predicted molar refractivity (Wildman–Crippen MR) is 66.5 cm³/mol. The Labute approximate surface area is 103 Å². The Morgan fingerprint density at radius 1 is 1.33 bits per heavy atom. The number of aromatic amines is 1. The Hall–Kier alpha value is -2.30. The molecular formula is C13H11FN4. The lowest BCUT2D eigenvalue weighted by molar-refractivity contribution is 0.629. The van der Waals surface area contributed by atoms with E-state index in [0.717, 1.165) is 23.2 Å². The third-order valence-electron chi connectivity index (χ3n) is 2.83. The van der Waals surface area contributed by atoms with Gasteiger partial charge >= 0.3 is 0 Å². The highest BCUT2D eigenvalue weighted by atomic mass is 19.1. The molecule has 1 N–H and O–H groups in total. The van der Waals surface area contributed by atoms with Crippen LogP contribution in [0.1, 0.15) is 12.6 Å². The first-order chi connectivity index (χ1) is 8.78. The van der Waals surface area contributed by atoms with Crippen molar-refractivity contribution in [3.05, 3.63) is 42.2 Å². The fraction of sp³-hybridized carbons (Fsp3) is 0.154. The van der Waals surface area contributed by atoms with E-state index in [1.165, 1.54) is 18.5 Å². The summed E-state index contributed by atoms with van der Waals surface area (Å²) in [6, 6.07) is 4.48. The summed E-state index contributed by atoms with van der Waals surface area (Å²) in [5, 5.41) is 0. The molecule has 3 rings (SSSR count). The molecule has 0 spiro atoms. The van der Waals surface area contributed by atoms with E-state index in [1.807, 2.05) is 6.92 Å². The van der Waals surface area contributed by atoms with Gasteiger partial charge in [-0.2, -0.15) is 0 Å². The maximum absolute atomic E-state index is 13.1. The molecule has 0 aliphatic carbocycles. The van der Waals surface area contributed by atoms with Crippen LogP contribution < -0.4 is 0 Å². The van der Waals surface area contributed by atoms with Crippen molar-refractivity contribution in [2.24, 2.45) is 0 Å². The molecule has 0 bridgehead atoms. The number of H-pyrrole nitrogens is 1. The molecule has 90 valence electrons. The number of fused-ring (bicyclic) bond motifs is 1. The minimum atomic E-state index is -0.280. The van der Waals surface area contributed by atoms with Gasteiger partial charge in [0.1, 0.15) is 18.0 Å². The maximum atomic E-state index is 13.1. The molecule has 0 radical (unpaired) electrons. The molecule has 18 heavy (non-hydrogen) atoms. The van der Waals surface area contributed by atoms with Crippen LogP contribution in [0.2, 0.25) is 0 Å². The lowest BCUT2D eigenvalue weighted by Gasteiger charge is -2.01. The lowest BCUT2D eigenvalue weighted by atomic mass is 10.2. The van der Waals surface area contributed by atoms with Crippen LogP contribution in [0.4, 0.5) is 4.39 Å². The van der Waals surface area contributed by atoms with E-state index < -0.39 is 0 Å². The first kappa shape index (κ1) is 10.8. The first-order valence-corrected chi connectivity index (χ1v) is 5.72. The summed E-state index contributed by atoms with van der Waals surface area (Å²) in [6.07, 6.45) is 4.04. The van der Waals surface area contributed by atoms with E-state index >= 15 is 0 Å². The van der Waals surface area contributed by atoms with Crippen LogP contribution in [0.3, 0.4) is 0 Å². The van der Waals surface area contributed by atoms with Gasteiger partial charge in [0, 0.05) is 6.20 Å². The van der Waals surface area contributed by atoms with Gasteiger partial charge < -0.3 is 4.98 Å². The number of imidazole rings is 1. The van der Waals surface area contributed by atoms with Crippen LogP contribution >= 0.6 is 0 Å². The zero-order valence-electron chi connectivity index (χ0n) is 9.81. The van der Waals surface area contributed by atoms with Gasteiger partial charge in [0.2, 0.25) is 0 Å². The van der Waals surface area contributed by atoms with E-state index in [-0.39, 0.29) is 5.82 Å². The number of hydrogen-bond acceptors (Lipinski definition) is 3. The van der Waals surface area contributed by atoms with Crippen LogP contribution in [-0.2, 0) is 6.42 Å². The first-order valence-electron chi connectivity index (χ1n) is 5.72. The molecule has 0 atom stereocenters. The van der Waals surface area contributed by atoms with Crippen molar-refractivity contribution >= 4 is 11.0 Å². The fourth-order valence-corrected chi connectivity index (χ4v) is 1.94. The minimum Gasteiger partial charge on any atom is -0.338 e. The number of aromatic nitrogens is 4. The number of benzene rings is 1. The SMILES string of the molecule is CCc1ncncc1-c1nc2ccc(F)cc2[nH]1. The molecule has 0 fully saturated rings. The molecule has 0 aliphatic rings. The van der Waals surface area contributed by atoms with E-state index in [0.29, 0.717) is 11.3 Å². The second-order valence-corrected chi connectivity index (χ2v) is 3.98. The Balaban J connectivity index is 2.19. The van der Waals surface area contributed by atoms with Gasteiger partial charge in [-0.15, -0.1) is 0 Å². The van der Waals surface area contributed by atoms with Gasteiger partial charge in [0.05, 0.1) is 22.3 Å². The molecule has 5 heteroatoms. The van der Waals surface area contributed by atoms with Crippen molar-refractivity contribution in [2.75, 3.05) is 0 Å². The largest absolute Gasteiger partial charge is 0.338 e. The summed E-state index contributed by atoms with van der Waals surface area (Å²) >= 11 is 0. The van der Waals surface area contributed by atoms with E-state index in [4.69, 9.17) is 0 Å². The van der Waals surface area contributed by atoms with Crippen molar-refractivity contribution in [1.29, 1.82) is 0 Å². The zero-order valence-corrected chi connectivity index (χ0v) is 9.81. The monoisotopic (exact) mass is 242 g/mol. The van der Waals surface area contributed by atoms with Crippen molar-refractivity contribution in [2.45, 2.75) is 13.3 Å². The van der Waals surface area contributed by atoms with E-state index in [9.17, 15) is 4.39 Å². The Morgan fingerprint density at radius 3 is 3.06 bits per heavy atom. The Morgan fingerprint density at radius 2 is 2.22 bits per heavy atom. The molecule has 1 aromatic carbocycles. The molecule has 0 amide bonds. The quantitative estimate of drug-likeness (QED) is 0.751. The number of nitrogens with zero attached hydrogens (tertiary/aromatic N) is 3. The average Bonchev–Trinajstić information content (AvgIpc) is 2.81. The van der Waals surface area contributed by atoms with Gasteiger partial charge in [-0.25, -0.2) is 19.3 Å². The number of halogens is 1. The number of rotatable bonds is 2.